The van der Waals surface area contributed by atoms with Crippen molar-refractivity contribution < 1.29 is 24.2 Å². The maximum absolute atomic E-state index is 12.1. The highest BCUT2D eigenvalue weighted by atomic mass is 16.5. The third kappa shape index (κ3) is 3.12. The molecule has 0 bridgehead atoms. The molecule has 2 amide bonds. The van der Waals surface area contributed by atoms with E-state index in [-0.39, 0.29) is 13.1 Å². The first-order valence-electron chi connectivity index (χ1n) is 5.86. The van der Waals surface area contributed by atoms with Gasteiger partial charge in [-0.3, -0.25) is 4.79 Å². The lowest BCUT2D eigenvalue weighted by molar-refractivity contribution is -0.145. The summed E-state index contributed by atoms with van der Waals surface area (Å²) in [7, 11) is 1.28. The number of amides is 2. The molecule has 1 unspecified atom stereocenters. The van der Waals surface area contributed by atoms with Crippen LogP contribution in [-0.4, -0.2) is 65.7 Å². The summed E-state index contributed by atoms with van der Waals surface area (Å²) in [6.07, 6.45) is 1.28. The molecule has 0 aromatic heterocycles. The second-order valence-corrected chi connectivity index (χ2v) is 4.07. The van der Waals surface area contributed by atoms with Crippen molar-refractivity contribution in [1.29, 1.82) is 0 Å². The zero-order valence-electron chi connectivity index (χ0n) is 10.6. The summed E-state index contributed by atoms with van der Waals surface area (Å²) in [6.45, 7) is 2.08. The summed E-state index contributed by atoms with van der Waals surface area (Å²) in [5, 5.41) is 8.72. The third-order valence-electron chi connectivity index (χ3n) is 2.95. The van der Waals surface area contributed by atoms with Gasteiger partial charge in [-0.25, -0.2) is 9.59 Å². The van der Waals surface area contributed by atoms with Gasteiger partial charge in [0.05, 0.1) is 7.11 Å². The molecule has 102 valence electrons. The van der Waals surface area contributed by atoms with Crippen LogP contribution in [-0.2, 0) is 14.3 Å². The van der Waals surface area contributed by atoms with E-state index in [1.165, 1.54) is 16.9 Å². The molecule has 1 N–H and O–H groups in total. The molecule has 1 atom stereocenters. The zero-order valence-corrected chi connectivity index (χ0v) is 10.6. The van der Waals surface area contributed by atoms with Crippen LogP contribution in [0.15, 0.2) is 0 Å². The minimum Gasteiger partial charge on any atom is -0.480 e. The van der Waals surface area contributed by atoms with Gasteiger partial charge in [0.2, 0.25) is 0 Å². The molecule has 1 aliphatic heterocycles. The molecule has 1 aliphatic rings. The van der Waals surface area contributed by atoms with E-state index in [4.69, 9.17) is 5.11 Å². The van der Waals surface area contributed by atoms with E-state index in [1.54, 1.807) is 6.92 Å². The highest BCUT2D eigenvalue weighted by molar-refractivity contribution is 5.86. The number of nitrogens with zero attached hydrogens (tertiary/aromatic N) is 2. The highest BCUT2D eigenvalue weighted by Gasteiger charge is 2.36. The van der Waals surface area contributed by atoms with Gasteiger partial charge >= 0.3 is 18.0 Å². The summed E-state index contributed by atoms with van der Waals surface area (Å²) in [5.41, 5.74) is 0. The minimum absolute atomic E-state index is 0.287. The largest absolute Gasteiger partial charge is 0.480 e. The Kier molecular flexibility index (Phi) is 4.94. The van der Waals surface area contributed by atoms with Crippen LogP contribution in [0, 0.1) is 0 Å². The van der Waals surface area contributed by atoms with E-state index < -0.39 is 24.0 Å². The van der Waals surface area contributed by atoms with E-state index in [2.05, 4.69) is 4.74 Å². The smallest absolute Gasteiger partial charge is 0.328 e. The first kappa shape index (κ1) is 14.3. The summed E-state index contributed by atoms with van der Waals surface area (Å²) in [4.78, 5) is 36.9. The van der Waals surface area contributed by atoms with Crippen molar-refractivity contribution in [3.05, 3.63) is 0 Å². The van der Waals surface area contributed by atoms with Crippen molar-refractivity contribution in [2.45, 2.75) is 25.8 Å². The maximum atomic E-state index is 12.1. The van der Waals surface area contributed by atoms with E-state index in [1.807, 2.05) is 0 Å². The van der Waals surface area contributed by atoms with Crippen LogP contribution >= 0.6 is 0 Å². The number of hydrogen-bond acceptors (Lipinski definition) is 4. The number of carbonyl (C=O) groups is 3. The number of likely N-dealkylation sites (N-methyl/N-ethyl adjacent to an activating group) is 1. The summed E-state index contributed by atoms with van der Waals surface area (Å²) < 4.78 is 4.64. The maximum Gasteiger partial charge on any atom is 0.328 e. The molecule has 1 fully saturated rings. The van der Waals surface area contributed by atoms with Crippen molar-refractivity contribution in [1.82, 2.24) is 9.80 Å². The fourth-order valence-electron chi connectivity index (χ4n) is 2.04. The fraction of sp³-hybridized carbons (Fsp3) is 0.727. The predicted molar refractivity (Wildman–Crippen MR) is 62.0 cm³/mol. The number of methoxy groups -OCH3 is 1. The molecule has 18 heavy (non-hydrogen) atoms. The molecule has 0 spiro atoms. The quantitative estimate of drug-likeness (QED) is 0.725. The van der Waals surface area contributed by atoms with Gasteiger partial charge in [0.25, 0.3) is 0 Å². The highest BCUT2D eigenvalue weighted by Crippen LogP contribution is 2.20. The first-order valence-corrected chi connectivity index (χ1v) is 5.86. The average Bonchev–Trinajstić information content (AvgIpc) is 2.82. The predicted octanol–water partition coefficient (Wildman–Crippen LogP) is 0.150. The fourth-order valence-corrected chi connectivity index (χ4v) is 2.04. The van der Waals surface area contributed by atoms with E-state index >= 15 is 0 Å². The molecule has 0 aromatic carbocycles. The molecule has 0 saturated carbocycles. The van der Waals surface area contributed by atoms with Crippen molar-refractivity contribution >= 4 is 18.0 Å². The number of esters is 1. The van der Waals surface area contributed by atoms with E-state index in [0.29, 0.717) is 13.0 Å². The van der Waals surface area contributed by atoms with Gasteiger partial charge in [0.1, 0.15) is 12.6 Å². The lowest BCUT2D eigenvalue weighted by Crippen LogP contribution is -2.49. The number of rotatable bonds is 4. The molecule has 0 radical (unpaired) electrons. The number of ether oxygens (including phenoxy) is 1. The number of hydrogen-bond donors (Lipinski definition) is 1. The molecule has 0 aliphatic carbocycles. The van der Waals surface area contributed by atoms with Crippen molar-refractivity contribution in [3.63, 3.8) is 0 Å². The molecule has 1 heterocycles. The van der Waals surface area contributed by atoms with Crippen LogP contribution in [0.5, 0.6) is 0 Å². The van der Waals surface area contributed by atoms with Gasteiger partial charge in [0.15, 0.2) is 0 Å². The number of carboxylic acids is 1. The summed E-state index contributed by atoms with van der Waals surface area (Å²) >= 11 is 0. The van der Waals surface area contributed by atoms with Gasteiger partial charge < -0.3 is 19.6 Å². The topological polar surface area (TPSA) is 87.2 Å². The van der Waals surface area contributed by atoms with Crippen LogP contribution in [0.3, 0.4) is 0 Å². The second kappa shape index (κ2) is 6.23. The van der Waals surface area contributed by atoms with Crippen LogP contribution in [0.4, 0.5) is 4.79 Å². The van der Waals surface area contributed by atoms with Gasteiger partial charge in [0, 0.05) is 13.1 Å². The monoisotopic (exact) mass is 258 g/mol. The third-order valence-corrected chi connectivity index (χ3v) is 2.95. The van der Waals surface area contributed by atoms with Gasteiger partial charge in [-0.1, -0.05) is 0 Å². The Labute approximate surface area is 105 Å². The zero-order chi connectivity index (χ0) is 13.7. The number of carbonyl (C=O) groups excluding carboxylic acids is 2. The van der Waals surface area contributed by atoms with Crippen molar-refractivity contribution in [3.8, 4) is 0 Å². The molecule has 1 saturated heterocycles. The Hall–Kier alpha value is -1.79. The van der Waals surface area contributed by atoms with Crippen molar-refractivity contribution in [2.75, 3.05) is 26.7 Å². The van der Waals surface area contributed by atoms with Crippen molar-refractivity contribution in [2.24, 2.45) is 0 Å². The second-order valence-electron chi connectivity index (χ2n) is 4.07. The first-order chi connectivity index (χ1) is 8.51. The average molecular weight is 258 g/mol. The SMILES string of the molecule is CCN(CC(=O)O)C(=O)N1CCCC1C(=O)OC. The Morgan fingerprint density at radius 2 is 2.11 bits per heavy atom. The number of carboxylic acid groups (broad SMARTS) is 1. The van der Waals surface area contributed by atoms with Gasteiger partial charge in [-0.2, -0.15) is 0 Å². The van der Waals surface area contributed by atoms with E-state index in [0.717, 1.165) is 6.42 Å². The van der Waals surface area contributed by atoms with Crippen LogP contribution in [0.25, 0.3) is 0 Å². The van der Waals surface area contributed by atoms with Crippen LogP contribution < -0.4 is 0 Å². The molecule has 0 aromatic rings. The molecular weight excluding hydrogens is 240 g/mol. The van der Waals surface area contributed by atoms with Crippen LogP contribution in [0.2, 0.25) is 0 Å². The summed E-state index contributed by atoms with van der Waals surface area (Å²) in [6, 6.07) is -1.02. The lowest BCUT2D eigenvalue weighted by atomic mass is 10.2. The molecule has 7 nitrogen and oxygen atoms in total. The Morgan fingerprint density at radius 1 is 1.44 bits per heavy atom. The van der Waals surface area contributed by atoms with E-state index in [9.17, 15) is 14.4 Å². The number of urea groups is 1. The standard InChI is InChI=1S/C11H18N2O5/c1-3-12(7-9(14)15)11(17)13-6-4-5-8(13)10(16)18-2/h8H,3-7H2,1-2H3,(H,14,15). The number of likely N-dealkylation sites (tertiary alicyclic amines) is 1. The van der Waals surface area contributed by atoms with Gasteiger partial charge in [-0.05, 0) is 19.8 Å². The molecule has 7 heteroatoms. The Balaban J connectivity index is 2.74. The number of aliphatic carboxylic acids is 1. The molecule has 1 rings (SSSR count). The normalized spacial score (nSPS) is 18.6. The minimum atomic E-state index is -1.07. The van der Waals surface area contributed by atoms with Crippen LogP contribution in [0.1, 0.15) is 19.8 Å². The summed E-state index contributed by atoms with van der Waals surface area (Å²) in [5.74, 6) is -1.52. The molecular formula is C11H18N2O5. The Morgan fingerprint density at radius 3 is 2.61 bits per heavy atom. The Bertz CT molecular complexity index is 344. The lowest BCUT2D eigenvalue weighted by Gasteiger charge is -2.29. The van der Waals surface area contributed by atoms with Gasteiger partial charge in [-0.15, -0.1) is 0 Å².